The summed E-state index contributed by atoms with van der Waals surface area (Å²) in [6.45, 7) is -0.299. The van der Waals surface area contributed by atoms with E-state index in [0.717, 1.165) is 6.07 Å². The number of nitrogens with two attached hydrogens (primary N) is 1. The largest absolute Gasteiger partial charge is 0.418 e. The summed E-state index contributed by atoms with van der Waals surface area (Å²) < 4.78 is 38.9. The van der Waals surface area contributed by atoms with Gasteiger partial charge in [0.2, 0.25) is 5.91 Å². The van der Waals surface area contributed by atoms with Crippen LogP contribution in [0.15, 0.2) is 48.5 Å². The van der Waals surface area contributed by atoms with Crippen molar-refractivity contribution < 1.29 is 32.5 Å². The van der Waals surface area contributed by atoms with E-state index in [1.165, 1.54) is 42.5 Å². The van der Waals surface area contributed by atoms with Gasteiger partial charge in [0, 0.05) is 11.3 Å². The quantitative estimate of drug-likeness (QED) is 0.546. The number of likely N-dealkylation sites (N-methyl/N-ethyl adjacent to an activating group) is 1. The Hall–Kier alpha value is -3.40. The van der Waals surface area contributed by atoms with Crippen LogP contribution in [0, 0.1) is 0 Å². The molecule has 10 heteroatoms. The number of carbonyl (C=O) groups is 3. The summed E-state index contributed by atoms with van der Waals surface area (Å²) >= 11 is 0. The molecule has 0 heterocycles. The lowest BCUT2D eigenvalue weighted by Crippen LogP contribution is -3.11. The lowest BCUT2D eigenvalue weighted by Gasteiger charge is -2.16. The molecule has 7 nitrogen and oxygen atoms in total. The van der Waals surface area contributed by atoms with Crippen molar-refractivity contribution in [2.24, 2.45) is 5.73 Å². The van der Waals surface area contributed by atoms with Crippen molar-refractivity contribution >= 4 is 29.1 Å². The summed E-state index contributed by atoms with van der Waals surface area (Å²) in [4.78, 5) is 35.6. The van der Waals surface area contributed by atoms with Crippen LogP contribution in [-0.4, -0.2) is 37.9 Å². The van der Waals surface area contributed by atoms with Crippen molar-refractivity contribution in [3.63, 3.8) is 0 Å². The average Bonchev–Trinajstić information content (AvgIpc) is 2.61. The Morgan fingerprint density at radius 1 is 0.931 bits per heavy atom. The zero-order chi connectivity index (χ0) is 21.6. The van der Waals surface area contributed by atoms with E-state index in [9.17, 15) is 27.6 Å². The van der Waals surface area contributed by atoms with Crippen LogP contribution in [0.2, 0.25) is 0 Å². The van der Waals surface area contributed by atoms with Crippen LogP contribution in [-0.2, 0) is 15.8 Å². The predicted octanol–water partition coefficient (Wildman–Crippen LogP) is 0.896. The Kier molecular flexibility index (Phi) is 6.94. The lowest BCUT2D eigenvalue weighted by atomic mass is 10.1. The number of para-hydroxylation sites is 1. The van der Waals surface area contributed by atoms with Gasteiger partial charge in [-0.2, -0.15) is 13.2 Å². The molecule has 0 saturated heterocycles. The molecule has 1 unspecified atom stereocenters. The molecule has 0 radical (unpaired) electrons. The van der Waals surface area contributed by atoms with Crippen molar-refractivity contribution in [1.82, 2.24) is 0 Å². The average molecular weight is 409 g/mol. The van der Waals surface area contributed by atoms with Gasteiger partial charge in [-0.3, -0.25) is 14.4 Å². The molecule has 0 aliphatic carbocycles. The van der Waals surface area contributed by atoms with Crippen LogP contribution in [0.5, 0.6) is 0 Å². The molecule has 2 rings (SSSR count). The van der Waals surface area contributed by atoms with Crippen LogP contribution in [0.1, 0.15) is 15.9 Å². The van der Waals surface area contributed by atoms with E-state index in [1.54, 1.807) is 7.05 Å². The van der Waals surface area contributed by atoms with Crippen molar-refractivity contribution in [2.45, 2.75) is 6.18 Å². The Labute approximate surface area is 164 Å². The predicted molar refractivity (Wildman–Crippen MR) is 100 cm³/mol. The fraction of sp³-hybridized carbons (Fsp3) is 0.211. The van der Waals surface area contributed by atoms with Crippen molar-refractivity contribution in [3.8, 4) is 0 Å². The zero-order valence-electron chi connectivity index (χ0n) is 15.5. The van der Waals surface area contributed by atoms with E-state index >= 15 is 0 Å². The van der Waals surface area contributed by atoms with Gasteiger partial charge in [0.1, 0.15) is 0 Å². The first-order valence-electron chi connectivity index (χ1n) is 8.53. The van der Waals surface area contributed by atoms with E-state index < -0.39 is 29.5 Å². The normalized spacial score (nSPS) is 12.1. The minimum absolute atomic E-state index is 0.0914. The second-order valence-electron chi connectivity index (χ2n) is 6.39. The number of anilines is 2. The number of carbonyl (C=O) groups excluding carboxylic acids is 3. The number of benzene rings is 2. The summed E-state index contributed by atoms with van der Waals surface area (Å²) in [5.41, 5.74) is 4.59. The number of primary amides is 1. The highest BCUT2D eigenvalue weighted by Gasteiger charge is 2.33. The van der Waals surface area contributed by atoms with Crippen molar-refractivity contribution in [3.05, 3.63) is 59.7 Å². The van der Waals surface area contributed by atoms with Gasteiger partial charge in [0.05, 0.1) is 18.3 Å². The molecule has 29 heavy (non-hydrogen) atoms. The van der Waals surface area contributed by atoms with Gasteiger partial charge in [-0.25, -0.2) is 0 Å². The number of alkyl halides is 3. The number of hydrogen-bond donors (Lipinski definition) is 4. The summed E-state index contributed by atoms with van der Waals surface area (Å²) in [5, 5.41) is 4.83. The summed E-state index contributed by atoms with van der Waals surface area (Å²) in [6.07, 6.45) is -4.59. The van der Waals surface area contributed by atoms with Gasteiger partial charge in [-0.05, 0) is 36.4 Å². The fourth-order valence-electron chi connectivity index (χ4n) is 2.57. The van der Waals surface area contributed by atoms with Gasteiger partial charge in [0.25, 0.3) is 11.8 Å². The van der Waals surface area contributed by atoms with E-state index in [4.69, 9.17) is 5.73 Å². The van der Waals surface area contributed by atoms with Crippen molar-refractivity contribution in [2.75, 3.05) is 30.8 Å². The molecule has 2 aromatic rings. The van der Waals surface area contributed by atoms with Crippen LogP contribution in [0.25, 0.3) is 0 Å². The molecule has 3 amide bonds. The standard InChI is InChI=1S/C19H19F3N4O3/c1-26(10-16(27)24-13-8-6-12(7-9-13)18(23)29)11-17(28)25-15-5-3-2-4-14(15)19(20,21)22/h2-9H,10-11H2,1H3,(H2,23,29)(H,24,27)(H,25,28)/p+1. The van der Waals surface area contributed by atoms with Gasteiger partial charge in [-0.15, -0.1) is 0 Å². The Morgan fingerprint density at radius 3 is 2.03 bits per heavy atom. The smallest absolute Gasteiger partial charge is 0.366 e. The highest BCUT2D eigenvalue weighted by atomic mass is 19.4. The number of rotatable bonds is 7. The van der Waals surface area contributed by atoms with E-state index in [-0.39, 0.29) is 18.8 Å². The minimum atomic E-state index is -4.59. The first-order chi connectivity index (χ1) is 13.6. The second kappa shape index (κ2) is 9.20. The molecule has 0 aliphatic rings. The molecule has 0 aliphatic heterocycles. The Morgan fingerprint density at radius 2 is 1.48 bits per heavy atom. The van der Waals surface area contributed by atoms with E-state index in [2.05, 4.69) is 10.6 Å². The summed E-state index contributed by atoms with van der Waals surface area (Å²) in [7, 11) is 1.56. The van der Waals surface area contributed by atoms with E-state index in [0.29, 0.717) is 16.2 Å². The minimum Gasteiger partial charge on any atom is -0.366 e. The third-order valence-electron chi connectivity index (χ3n) is 3.88. The lowest BCUT2D eigenvalue weighted by molar-refractivity contribution is -0.862. The maximum atomic E-state index is 13.0. The van der Waals surface area contributed by atoms with Crippen LogP contribution < -0.4 is 21.3 Å². The number of quaternary nitrogens is 1. The van der Waals surface area contributed by atoms with Crippen LogP contribution >= 0.6 is 0 Å². The highest BCUT2D eigenvalue weighted by Crippen LogP contribution is 2.34. The number of amides is 3. The molecule has 0 bridgehead atoms. The molecule has 2 aromatic carbocycles. The summed E-state index contributed by atoms with van der Waals surface area (Å²) in [5.74, 6) is -1.65. The first-order valence-corrected chi connectivity index (χ1v) is 8.53. The molecular weight excluding hydrogens is 389 g/mol. The van der Waals surface area contributed by atoms with Crippen LogP contribution in [0.4, 0.5) is 24.5 Å². The number of nitrogens with one attached hydrogen (secondary N) is 3. The molecule has 1 atom stereocenters. The molecule has 5 N–H and O–H groups in total. The maximum Gasteiger partial charge on any atom is 0.418 e. The second-order valence-corrected chi connectivity index (χ2v) is 6.39. The Bertz CT molecular complexity index is 898. The molecule has 0 saturated carbocycles. The molecule has 0 spiro atoms. The van der Waals surface area contributed by atoms with Gasteiger partial charge >= 0.3 is 6.18 Å². The maximum absolute atomic E-state index is 13.0. The van der Waals surface area contributed by atoms with E-state index in [1.807, 2.05) is 0 Å². The monoisotopic (exact) mass is 409 g/mol. The fourth-order valence-corrected chi connectivity index (χ4v) is 2.57. The molecule has 0 fully saturated rings. The van der Waals surface area contributed by atoms with Crippen LogP contribution in [0.3, 0.4) is 0 Å². The molecule has 154 valence electrons. The number of hydrogen-bond acceptors (Lipinski definition) is 3. The van der Waals surface area contributed by atoms with Gasteiger partial charge < -0.3 is 21.3 Å². The third kappa shape index (κ3) is 6.61. The zero-order valence-corrected chi connectivity index (χ0v) is 15.5. The third-order valence-corrected chi connectivity index (χ3v) is 3.88. The number of halogens is 3. The Balaban J connectivity index is 1.88. The molecular formula is C19H20F3N4O3+. The topological polar surface area (TPSA) is 106 Å². The van der Waals surface area contributed by atoms with Gasteiger partial charge in [0.15, 0.2) is 13.1 Å². The SMILES string of the molecule is C[NH+](CC(=O)Nc1ccc(C(N)=O)cc1)CC(=O)Nc1ccccc1C(F)(F)F. The van der Waals surface area contributed by atoms with Gasteiger partial charge in [-0.1, -0.05) is 12.1 Å². The first kappa shape index (κ1) is 21.9. The van der Waals surface area contributed by atoms with Crippen molar-refractivity contribution in [1.29, 1.82) is 0 Å². The summed E-state index contributed by atoms with van der Waals surface area (Å²) in [6, 6.07) is 10.6. The molecule has 0 aromatic heterocycles. The highest BCUT2D eigenvalue weighted by molar-refractivity contribution is 5.95.